The summed E-state index contributed by atoms with van der Waals surface area (Å²) in [7, 11) is 0. The van der Waals surface area contributed by atoms with Crippen LogP contribution in [0, 0.1) is 0 Å². The Balaban J connectivity index is 2.22. The van der Waals surface area contributed by atoms with Crippen molar-refractivity contribution in [3.8, 4) is 0 Å². The number of rotatable bonds is 2. The van der Waals surface area contributed by atoms with Crippen molar-refractivity contribution < 1.29 is 27.8 Å². The van der Waals surface area contributed by atoms with E-state index < -0.39 is 17.7 Å². The van der Waals surface area contributed by atoms with Gasteiger partial charge in [0.15, 0.2) is 0 Å². The van der Waals surface area contributed by atoms with Gasteiger partial charge in [-0.3, -0.25) is 0 Å². The molecule has 1 saturated heterocycles. The lowest BCUT2D eigenvalue weighted by Gasteiger charge is -2.13. The van der Waals surface area contributed by atoms with E-state index in [0.717, 1.165) is 12.1 Å². The van der Waals surface area contributed by atoms with Crippen molar-refractivity contribution in [3.63, 3.8) is 0 Å². The minimum absolute atomic E-state index is 0.00521. The Hall–Kier alpha value is -2.02. The SMILES string of the molecule is O=C(O)c1cn([C@H]2CCOC2)c2cc(C(F)(F)F)ccc12. The minimum atomic E-state index is -4.46. The summed E-state index contributed by atoms with van der Waals surface area (Å²) in [6, 6.07) is 2.99. The highest BCUT2D eigenvalue weighted by molar-refractivity contribution is 6.03. The van der Waals surface area contributed by atoms with Gasteiger partial charge in [0.25, 0.3) is 0 Å². The fourth-order valence-electron chi connectivity index (χ4n) is 2.64. The summed E-state index contributed by atoms with van der Waals surface area (Å²) in [5.41, 5.74) is -0.506. The Morgan fingerprint density at radius 3 is 2.71 bits per heavy atom. The molecule has 0 amide bonds. The molecule has 2 aromatic rings. The van der Waals surface area contributed by atoms with Crippen molar-refractivity contribution in [2.45, 2.75) is 18.6 Å². The molecule has 1 fully saturated rings. The topological polar surface area (TPSA) is 51.5 Å². The summed E-state index contributed by atoms with van der Waals surface area (Å²) in [6.07, 6.45) is -2.41. The molecule has 0 aliphatic carbocycles. The molecule has 1 N–H and O–H groups in total. The molecule has 1 aromatic heterocycles. The van der Waals surface area contributed by atoms with E-state index in [1.54, 1.807) is 4.57 Å². The lowest BCUT2D eigenvalue weighted by molar-refractivity contribution is -0.137. The number of aromatic nitrogens is 1. The second kappa shape index (κ2) is 4.77. The summed E-state index contributed by atoms with van der Waals surface area (Å²) < 4.78 is 45.3. The second-order valence-corrected chi connectivity index (χ2v) is 5.00. The van der Waals surface area contributed by atoms with Gasteiger partial charge >= 0.3 is 12.1 Å². The predicted molar refractivity (Wildman–Crippen MR) is 68.4 cm³/mol. The molecule has 1 aliphatic rings. The quantitative estimate of drug-likeness (QED) is 0.925. The monoisotopic (exact) mass is 299 g/mol. The van der Waals surface area contributed by atoms with Crippen molar-refractivity contribution in [1.82, 2.24) is 4.57 Å². The van der Waals surface area contributed by atoms with Gasteiger partial charge in [-0.2, -0.15) is 13.2 Å². The van der Waals surface area contributed by atoms with Crippen LogP contribution < -0.4 is 0 Å². The normalized spacial score (nSPS) is 19.3. The molecular formula is C14H12F3NO3. The number of carboxylic acid groups (broad SMARTS) is 1. The molecule has 112 valence electrons. The maximum atomic E-state index is 12.8. The molecule has 1 aromatic carbocycles. The van der Waals surface area contributed by atoms with Gasteiger partial charge in [0.05, 0.1) is 23.8 Å². The third-order valence-electron chi connectivity index (χ3n) is 3.69. The van der Waals surface area contributed by atoms with Gasteiger partial charge in [0.2, 0.25) is 0 Å². The predicted octanol–water partition coefficient (Wildman–Crippen LogP) is 3.32. The third-order valence-corrected chi connectivity index (χ3v) is 3.69. The smallest absolute Gasteiger partial charge is 0.416 e. The molecule has 0 bridgehead atoms. The number of benzene rings is 1. The van der Waals surface area contributed by atoms with Crippen molar-refractivity contribution in [1.29, 1.82) is 0 Å². The third kappa shape index (κ3) is 2.37. The van der Waals surface area contributed by atoms with E-state index in [2.05, 4.69) is 0 Å². The second-order valence-electron chi connectivity index (χ2n) is 5.00. The Kier molecular flexibility index (Phi) is 3.16. The fraction of sp³-hybridized carbons (Fsp3) is 0.357. The molecule has 2 heterocycles. The van der Waals surface area contributed by atoms with Gasteiger partial charge < -0.3 is 14.4 Å². The van der Waals surface area contributed by atoms with Gasteiger partial charge in [-0.15, -0.1) is 0 Å². The number of hydrogen-bond donors (Lipinski definition) is 1. The van der Waals surface area contributed by atoms with Crippen molar-refractivity contribution in [2.24, 2.45) is 0 Å². The molecular weight excluding hydrogens is 287 g/mol. The highest BCUT2D eigenvalue weighted by Gasteiger charge is 2.32. The zero-order valence-corrected chi connectivity index (χ0v) is 10.9. The molecule has 7 heteroatoms. The van der Waals surface area contributed by atoms with Gasteiger partial charge in [-0.1, -0.05) is 6.07 Å². The number of carbonyl (C=O) groups is 1. The van der Waals surface area contributed by atoms with Crippen LogP contribution >= 0.6 is 0 Å². The van der Waals surface area contributed by atoms with Crippen LogP contribution in [0.2, 0.25) is 0 Å². The molecule has 0 spiro atoms. The zero-order chi connectivity index (χ0) is 15.2. The van der Waals surface area contributed by atoms with Crippen LogP contribution in [0.1, 0.15) is 28.4 Å². The Labute approximate surface area is 117 Å². The average molecular weight is 299 g/mol. The van der Waals surface area contributed by atoms with Crippen LogP contribution in [-0.2, 0) is 10.9 Å². The van der Waals surface area contributed by atoms with Crippen LogP contribution in [0.15, 0.2) is 24.4 Å². The summed E-state index contributed by atoms with van der Waals surface area (Å²) in [5, 5.41) is 9.51. The Morgan fingerprint density at radius 2 is 2.14 bits per heavy atom. The Morgan fingerprint density at radius 1 is 1.38 bits per heavy atom. The first-order valence-corrected chi connectivity index (χ1v) is 6.41. The number of nitrogens with zero attached hydrogens (tertiary/aromatic N) is 1. The van der Waals surface area contributed by atoms with Crippen LogP contribution in [0.25, 0.3) is 10.9 Å². The first-order chi connectivity index (χ1) is 9.88. The zero-order valence-electron chi connectivity index (χ0n) is 10.9. The molecule has 0 radical (unpaired) electrons. The number of alkyl halides is 3. The van der Waals surface area contributed by atoms with E-state index in [-0.39, 0.29) is 17.1 Å². The Bertz CT molecular complexity index is 699. The van der Waals surface area contributed by atoms with E-state index in [1.807, 2.05) is 0 Å². The molecule has 1 aliphatic heterocycles. The van der Waals surface area contributed by atoms with E-state index in [1.165, 1.54) is 12.3 Å². The van der Waals surface area contributed by atoms with Crippen molar-refractivity contribution in [3.05, 3.63) is 35.5 Å². The van der Waals surface area contributed by atoms with Gasteiger partial charge in [-0.05, 0) is 18.6 Å². The molecule has 21 heavy (non-hydrogen) atoms. The van der Waals surface area contributed by atoms with Gasteiger partial charge in [-0.25, -0.2) is 4.79 Å². The van der Waals surface area contributed by atoms with Crippen LogP contribution in [-0.4, -0.2) is 28.9 Å². The summed E-state index contributed by atoms with van der Waals surface area (Å²) in [5.74, 6) is -1.16. The summed E-state index contributed by atoms with van der Waals surface area (Å²) >= 11 is 0. The van der Waals surface area contributed by atoms with Crippen molar-refractivity contribution >= 4 is 16.9 Å². The number of fused-ring (bicyclic) bond motifs is 1. The molecule has 0 saturated carbocycles. The number of aromatic carboxylic acids is 1. The molecule has 4 nitrogen and oxygen atoms in total. The molecule has 0 unspecified atom stereocenters. The number of ether oxygens (including phenoxy) is 1. The summed E-state index contributed by atoms with van der Waals surface area (Å²) in [6.45, 7) is 0.894. The number of hydrogen-bond acceptors (Lipinski definition) is 2. The number of carboxylic acids is 1. The lowest BCUT2D eigenvalue weighted by atomic mass is 10.1. The molecule has 3 rings (SSSR count). The maximum absolute atomic E-state index is 12.8. The first-order valence-electron chi connectivity index (χ1n) is 6.41. The standard InChI is InChI=1S/C14H12F3NO3/c15-14(16,17)8-1-2-10-11(13(19)20)6-18(12(10)5-8)9-3-4-21-7-9/h1-2,5-6,9H,3-4,7H2,(H,19,20)/t9-/m0/s1. The number of halogens is 3. The van der Waals surface area contributed by atoms with Crippen LogP contribution in [0.3, 0.4) is 0 Å². The fourth-order valence-corrected chi connectivity index (χ4v) is 2.64. The lowest BCUT2D eigenvalue weighted by Crippen LogP contribution is -2.09. The maximum Gasteiger partial charge on any atom is 0.416 e. The van der Waals surface area contributed by atoms with E-state index in [4.69, 9.17) is 4.74 Å². The van der Waals surface area contributed by atoms with Crippen LogP contribution in [0.5, 0.6) is 0 Å². The van der Waals surface area contributed by atoms with Crippen molar-refractivity contribution in [2.75, 3.05) is 13.2 Å². The van der Waals surface area contributed by atoms with Gasteiger partial charge in [0, 0.05) is 23.7 Å². The molecule has 1 atom stereocenters. The minimum Gasteiger partial charge on any atom is -0.478 e. The first kappa shape index (κ1) is 13.9. The average Bonchev–Trinajstić information content (AvgIpc) is 3.03. The van der Waals surface area contributed by atoms with E-state index in [0.29, 0.717) is 25.0 Å². The largest absolute Gasteiger partial charge is 0.478 e. The van der Waals surface area contributed by atoms with Crippen LogP contribution in [0.4, 0.5) is 13.2 Å². The van der Waals surface area contributed by atoms with E-state index in [9.17, 15) is 23.1 Å². The summed E-state index contributed by atoms with van der Waals surface area (Å²) in [4.78, 5) is 11.3. The van der Waals surface area contributed by atoms with E-state index >= 15 is 0 Å². The van der Waals surface area contributed by atoms with Gasteiger partial charge in [0.1, 0.15) is 0 Å². The highest BCUT2D eigenvalue weighted by atomic mass is 19.4. The highest BCUT2D eigenvalue weighted by Crippen LogP contribution is 2.35.